The first-order valence-corrected chi connectivity index (χ1v) is 7.57. The van der Waals surface area contributed by atoms with Crippen molar-refractivity contribution in [3.05, 3.63) is 0 Å². The third-order valence-electron chi connectivity index (χ3n) is 3.42. The first kappa shape index (κ1) is 13.4. The molecule has 0 aromatic rings. The molecule has 17 heavy (non-hydrogen) atoms. The molecule has 0 bridgehead atoms. The summed E-state index contributed by atoms with van der Waals surface area (Å²) in [4.78, 5) is 13.7. The van der Waals surface area contributed by atoms with E-state index in [-0.39, 0.29) is 18.7 Å². The lowest BCUT2D eigenvalue weighted by Crippen LogP contribution is -2.47. The highest BCUT2D eigenvalue weighted by atomic mass is 33.1. The second-order valence-electron chi connectivity index (χ2n) is 4.63. The predicted octanol–water partition coefficient (Wildman–Crippen LogP) is 2.06. The number of thiol groups is 1. The number of alkyl halides is 2. The molecule has 1 atom stereocenters. The van der Waals surface area contributed by atoms with E-state index >= 15 is 0 Å². The van der Waals surface area contributed by atoms with Crippen LogP contribution in [0.4, 0.5) is 8.78 Å². The average Bonchev–Trinajstić information content (AvgIpc) is 2.69. The van der Waals surface area contributed by atoms with Crippen molar-refractivity contribution in [3.8, 4) is 0 Å². The number of nitrogens with zero attached hydrogens (tertiary/aromatic N) is 2. The second kappa shape index (κ2) is 5.32. The zero-order valence-electron chi connectivity index (χ0n) is 9.44. The fraction of sp³-hybridized carbons (Fsp3) is 0.900. The van der Waals surface area contributed by atoms with E-state index in [1.54, 1.807) is 4.90 Å². The monoisotopic (exact) mass is 282 g/mol. The summed E-state index contributed by atoms with van der Waals surface area (Å²) in [5, 5.41) is 0. The lowest BCUT2D eigenvalue weighted by Gasteiger charge is -2.34. The van der Waals surface area contributed by atoms with E-state index in [0.717, 1.165) is 13.1 Å². The summed E-state index contributed by atoms with van der Waals surface area (Å²) in [7, 11) is 1.36. The number of amides is 1. The molecule has 1 aliphatic carbocycles. The SMILES string of the molecule is O=C(C1CCC(F)(F)C1)N1CCN(SS)CC1. The van der Waals surface area contributed by atoms with Crippen molar-refractivity contribution in [2.24, 2.45) is 5.92 Å². The molecule has 1 saturated carbocycles. The Morgan fingerprint density at radius 1 is 1.29 bits per heavy atom. The standard InChI is InChI=1S/C10H16F2N2OS2/c11-10(12)2-1-8(7-10)9(15)13-3-5-14(17-16)6-4-13/h8,16H,1-7H2. The Hall–Kier alpha value is -0.0100. The predicted molar refractivity (Wildman–Crippen MR) is 67.0 cm³/mol. The van der Waals surface area contributed by atoms with Gasteiger partial charge in [-0.1, -0.05) is 11.7 Å². The van der Waals surface area contributed by atoms with E-state index in [9.17, 15) is 13.6 Å². The molecular weight excluding hydrogens is 266 g/mol. The minimum absolute atomic E-state index is 0.0917. The van der Waals surface area contributed by atoms with Crippen LogP contribution in [-0.2, 0) is 4.79 Å². The molecule has 2 fully saturated rings. The minimum atomic E-state index is -2.64. The summed E-state index contributed by atoms with van der Waals surface area (Å²) in [5.41, 5.74) is 0. The Balaban J connectivity index is 1.85. The van der Waals surface area contributed by atoms with E-state index in [2.05, 4.69) is 16.0 Å². The van der Waals surface area contributed by atoms with Crippen molar-refractivity contribution in [1.82, 2.24) is 9.21 Å². The molecule has 0 spiro atoms. The van der Waals surface area contributed by atoms with Crippen LogP contribution in [0.1, 0.15) is 19.3 Å². The van der Waals surface area contributed by atoms with Gasteiger partial charge in [0.2, 0.25) is 11.8 Å². The molecule has 3 nitrogen and oxygen atoms in total. The summed E-state index contributed by atoms with van der Waals surface area (Å²) in [6.45, 7) is 2.75. The Morgan fingerprint density at radius 2 is 1.94 bits per heavy atom. The van der Waals surface area contributed by atoms with E-state index in [1.165, 1.54) is 11.0 Å². The van der Waals surface area contributed by atoms with Gasteiger partial charge in [-0.2, -0.15) is 0 Å². The maximum Gasteiger partial charge on any atom is 0.248 e. The van der Waals surface area contributed by atoms with Gasteiger partial charge >= 0.3 is 0 Å². The summed E-state index contributed by atoms with van der Waals surface area (Å²) < 4.78 is 28.1. The fourth-order valence-corrected chi connectivity index (χ4v) is 3.23. The van der Waals surface area contributed by atoms with Gasteiger partial charge in [-0.3, -0.25) is 4.79 Å². The maximum atomic E-state index is 13.0. The summed E-state index contributed by atoms with van der Waals surface area (Å²) in [6.07, 6.45) is -0.0867. The number of carbonyl (C=O) groups is 1. The molecule has 0 aromatic heterocycles. The maximum absolute atomic E-state index is 13.0. The van der Waals surface area contributed by atoms with Crippen LogP contribution in [0.2, 0.25) is 0 Å². The van der Waals surface area contributed by atoms with Crippen LogP contribution in [-0.4, -0.2) is 47.2 Å². The largest absolute Gasteiger partial charge is 0.340 e. The van der Waals surface area contributed by atoms with Crippen LogP contribution in [0.5, 0.6) is 0 Å². The van der Waals surface area contributed by atoms with Crippen LogP contribution < -0.4 is 0 Å². The van der Waals surface area contributed by atoms with Gasteiger partial charge < -0.3 is 4.90 Å². The van der Waals surface area contributed by atoms with Gasteiger partial charge in [0.25, 0.3) is 0 Å². The Bertz CT molecular complexity index is 296. The fourth-order valence-electron chi connectivity index (χ4n) is 2.41. The van der Waals surface area contributed by atoms with Gasteiger partial charge in [-0.05, 0) is 17.4 Å². The zero-order valence-corrected chi connectivity index (χ0v) is 11.2. The van der Waals surface area contributed by atoms with Crippen LogP contribution >= 0.6 is 22.6 Å². The molecule has 0 N–H and O–H groups in total. The molecule has 2 rings (SSSR count). The van der Waals surface area contributed by atoms with Crippen molar-refractivity contribution in [2.45, 2.75) is 25.2 Å². The van der Waals surface area contributed by atoms with Crippen molar-refractivity contribution in [2.75, 3.05) is 26.2 Å². The van der Waals surface area contributed by atoms with Crippen molar-refractivity contribution >= 4 is 28.5 Å². The summed E-state index contributed by atoms with van der Waals surface area (Å²) >= 11 is 4.09. The van der Waals surface area contributed by atoms with Gasteiger partial charge in [0.05, 0.1) is 0 Å². The smallest absolute Gasteiger partial charge is 0.248 e. The molecule has 2 aliphatic rings. The van der Waals surface area contributed by atoms with E-state index in [4.69, 9.17) is 0 Å². The van der Waals surface area contributed by atoms with Crippen LogP contribution in [0.25, 0.3) is 0 Å². The van der Waals surface area contributed by atoms with E-state index < -0.39 is 11.8 Å². The number of hydrogen-bond acceptors (Lipinski definition) is 4. The molecule has 1 amide bonds. The molecule has 1 heterocycles. The van der Waals surface area contributed by atoms with Crippen molar-refractivity contribution in [3.63, 3.8) is 0 Å². The number of carbonyl (C=O) groups excluding carboxylic acids is 1. The number of halogens is 2. The van der Waals surface area contributed by atoms with Gasteiger partial charge in [0.15, 0.2) is 0 Å². The van der Waals surface area contributed by atoms with Gasteiger partial charge in [0, 0.05) is 44.9 Å². The number of piperazine rings is 1. The molecule has 0 aromatic carbocycles. The summed E-state index contributed by atoms with van der Waals surface area (Å²) in [5.74, 6) is -3.20. The van der Waals surface area contributed by atoms with E-state index in [1.807, 2.05) is 0 Å². The topological polar surface area (TPSA) is 23.6 Å². The molecular formula is C10H16F2N2OS2. The Morgan fingerprint density at radius 3 is 2.41 bits per heavy atom. The summed E-state index contributed by atoms with van der Waals surface area (Å²) in [6, 6.07) is 0. The van der Waals surface area contributed by atoms with Crippen molar-refractivity contribution in [1.29, 1.82) is 0 Å². The van der Waals surface area contributed by atoms with Gasteiger partial charge in [-0.15, -0.1) is 0 Å². The van der Waals surface area contributed by atoms with Crippen LogP contribution in [0, 0.1) is 5.92 Å². The Labute approximate surface area is 109 Å². The molecule has 1 aliphatic heterocycles. The number of rotatable bonds is 2. The van der Waals surface area contributed by atoms with Gasteiger partial charge in [0.1, 0.15) is 0 Å². The molecule has 7 heteroatoms. The molecule has 0 radical (unpaired) electrons. The highest BCUT2D eigenvalue weighted by Gasteiger charge is 2.43. The van der Waals surface area contributed by atoms with Gasteiger partial charge in [-0.25, -0.2) is 13.1 Å². The highest BCUT2D eigenvalue weighted by Crippen LogP contribution is 2.39. The molecule has 1 saturated heterocycles. The zero-order chi connectivity index (χ0) is 12.5. The van der Waals surface area contributed by atoms with Crippen molar-refractivity contribution < 1.29 is 13.6 Å². The quantitative estimate of drug-likeness (QED) is 0.476. The lowest BCUT2D eigenvalue weighted by molar-refractivity contribution is -0.137. The number of hydrogen-bond donors (Lipinski definition) is 1. The first-order valence-electron chi connectivity index (χ1n) is 5.75. The molecule has 1 unspecified atom stereocenters. The Kier molecular flexibility index (Phi) is 4.20. The third-order valence-corrected chi connectivity index (χ3v) is 4.71. The van der Waals surface area contributed by atoms with E-state index in [0.29, 0.717) is 19.5 Å². The second-order valence-corrected chi connectivity index (χ2v) is 5.80. The normalized spacial score (nSPS) is 29.6. The van der Waals surface area contributed by atoms with Crippen LogP contribution in [0.15, 0.2) is 0 Å². The first-order chi connectivity index (χ1) is 8.02. The minimum Gasteiger partial charge on any atom is -0.340 e. The molecule has 98 valence electrons. The van der Waals surface area contributed by atoms with Crippen LogP contribution in [0.3, 0.4) is 0 Å². The highest BCUT2D eigenvalue weighted by molar-refractivity contribution is 8.67. The third kappa shape index (κ3) is 3.26. The lowest BCUT2D eigenvalue weighted by atomic mass is 10.1. The average molecular weight is 282 g/mol.